The van der Waals surface area contributed by atoms with Crippen LogP contribution in [0.3, 0.4) is 0 Å². The molecule has 2 aromatic rings. The van der Waals surface area contributed by atoms with Crippen LogP contribution in [0.15, 0.2) is 46.9 Å². The van der Waals surface area contributed by atoms with E-state index in [1.807, 2.05) is 30.3 Å². The maximum Gasteiger partial charge on any atom is 0.228 e. The van der Waals surface area contributed by atoms with Crippen LogP contribution in [0.2, 0.25) is 0 Å². The van der Waals surface area contributed by atoms with E-state index in [1.54, 1.807) is 0 Å². The van der Waals surface area contributed by atoms with Gasteiger partial charge in [0.15, 0.2) is 0 Å². The van der Waals surface area contributed by atoms with Gasteiger partial charge in [0.05, 0.1) is 16.8 Å². The third-order valence-corrected chi connectivity index (χ3v) is 3.65. The Hall–Kier alpha value is -1.35. The molecule has 0 saturated heterocycles. The summed E-state index contributed by atoms with van der Waals surface area (Å²) >= 11 is 3.50. The van der Waals surface area contributed by atoms with Crippen molar-refractivity contribution in [1.82, 2.24) is 4.98 Å². The van der Waals surface area contributed by atoms with Gasteiger partial charge in [-0.15, -0.1) is 0 Å². The van der Waals surface area contributed by atoms with E-state index < -0.39 is 0 Å². The molecule has 3 heteroatoms. The fourth-order valence-corrected chi connectivity index (χ4v) is 2.29. The van der Waals surface area contributed by atoms with Gasteiger partial charge in [-0.1, -0.05) is 44.2 Å². The summed E-state index contributed by atoms with van der Waals surface area (Å²) in [5, 5.41) is 0. The van der Waals surface area contributed by atoms with Crippen molar-refractivity contribution in [2.45, 2.75) is 26.7 Å². The van der Waals surface area contributed by atoms with Gasteiger partial charge in [-0.25, -0.2) is 4.98 Å². The second-order valence-corrected chi connectivity index (χ2v) is 6.09. The van der Waals surface area contributed by atoms with Crippen molar-refractivity contribution in [2.24, 2.45) is 5.92 Å². The lowest BCUT2D eigenvalue weighted by Crippen LogP contribution is -2.02. The first-order valence-electron chi connectivity index (χ1n) is 7.01. The summed E-state index contributed by atoms with van der Waals surface area (Å²) in [5.41, 5.74) is 2.04. The summed E-state index contributed by atoms with van der Waals surface area (Å²) < 4.78 is 6.70. The lowest BCUT2D eigenvalue weighted by molar-refractivity contribution is 0.286. The van der Waals surface area contributed by atoms with Crippen molar-refractivity contribution >= 4 is 15.9 Å². The Morgan fingerprint density at radius 1 is 1.10 bits per heavy atom. The maximum absolute atomic E-state index is 5.79. The molecule has 2 nitrogen and oxygen atoms in total. The second kappa shape index (κ2) is 7.44. The van der Waals surface area contributed by atoms with Gasteiger partial charge in [0.1, 0.15) is 0 Å². The molecule has 0 saturated carbocycles. The van der Waals surface area contributed by atoms with Gasteiger partial charge in [-0.05, 0) is 46.8 Å². The molecule has 2 rings (SSSR count). The topological polar surface area (TPSA) is 22.1 Å². The van der Waals surface area contributed by atoms with Gasteiger partial charge in [0.2, 0.25) is 5.88 Å². The van der Waals surface area contributed by atoms with E-state index in [9.17, 15) is 0 Å². The molecule has 0 aliphatic heterocycles. The molecule has 0 unspecified atom stereocenters. The monoisotopic (exact) mass is 333 g/mol. The van der Waals surface area contributed by atoms with Crippen molar-refractivity contribution in [3.63, 3.8) is 0 Å². The van der Waals surface area contributed by atoms with E-state index >= 15 is 0 Å². The number of rotatable bonds is 6. The summed E-state index contributed by atoms with van der Waals surface area (Å²) in [5.74, 6) is 1.39. The van der Waals surface area contributed by atoms with Gasteiger partial charge < -0.3 is 4.74 Å². The van der Waals surface area contributed by atoms with Gasteiger partial charge >= 0.3 is 0 Å². The number of hydrogen-bond acceptors (Lipinski definition) is 2. The Kier molecular flexibility index (Phi) is 5.60. The minimum absolute atomic E-state index is 0.676. The molecule has 106 valence electrons. The van der Waals surface area contributed by atoms with Crippen LogP contribution in [-0.2, 0) is 0 Å². The standard InChI is InChI=1S/C17H20BrNO/c1-13(2)7-6-12-20-17-15(18)10-11-16(19-17)14-8-4-3-5-9-14/h3-5,8-11,13H,6-7,12H2,1-2H3. The highest BCUT2D eigenvalue weighted by molar-refractivity contribution is 9.10. The zero-order valence-electron chi connectivity index (χ0n) is 12.0. The van der Waals surface area contributed by atoms with Crippen LogP contribution in [0.25, 0.3) is 11.3 Å². The van der Waals surface area contributed by atoms with Crippen molar-refractivity contribution in [2.75, 3.05) is 6.61 Å². The average molecular weight is 334 g/mol. The Labute approximate surface area is 129 Å². The molecule has 0 aliphatic carbocycles. The van der Waals surface area contributed by atoms with E-state index in [2.05, 4.69) is 46.9 Å². The van der Waals surface area contributed by atoms with Crippen LogP contribution < -0.4 is 4.74 Å². The molecule has 0 bridgehead atoms. The summed E-state index contributed by atoms with van der Waals surface area (Å²) in [6, 6.07) is 14.1. The fourth-order valence-electron chi connectivity index (χ4n) is 1.95. The summed E-state index contributed by atoms with van der Waals surface area (Å²) in [6.07, 6.45) is 2.23. The predicted octanol–water partition coefficient (Wildman–Crippen LogP) is 5.33. The zero-order chi connectivity index (χ0) is 14.4. The van der Waals surface area contributed by atoms with Crippen LogP contribution in [-0.4, -0.2) is 11.6 Å². The number of benzene rings is 1. The van der Waals surface area contributed by atoms with Crippen LogP contribution in [0.1, 0.15) is 26.7 Å². The third-order valence-electron chi connectivity index (χ3n) is 3.05. The highest BCUT2D eigenvalue weighted by Crippen LogP contribution is 2.27. The van der Waals surface area contributed by atoms with Crippen molar-refractivity contribution in [1.29, 1.82) is 0 Å². The SMILES string of the molecule is CC(C)CCCOc1nc(-c2ccccc2)ccc1Br. The van der Waals surface area contributed by atoms with E-state index in [4.69, 9.17) is 4.74 Å². The van der Waals surface area contributed by atoms with Crippen molar-refractivity contribution in [3.05, 3.63) is 46.9 Å². The molecular weight excluding hydrogens is 314 g/mol. The number of nitrogens with zero attached hydrogens (tertiary/aromatic N) is 1. The molecule has 0 spiro atoms. The molecule has 20 heavy (non-hydrogen) atoms. The molecule has 0 N–H and O–H groups in total. The van der Waals surface area contributed by atoms with E-state index in [0.717, 1.165) is 22.2 Å². The fraction of sp³-hybridized carbons (Fsp3) is 0.353. The molecule has 1 aromatic heterocycles. The lowest BCUT2D eigenvalue weighted by atomic mass is 10.1. The Bertz CT molecular complexity index is 540. The first kappa shape index (κ1) is 15.0. The largest absolute Gasteiger partial charge is 0.477 e. The third kappa shape index (κ3) is 4.34. The summed E-state index contributed by atoms with van der Waals surface area (Å²) in [7, 11) is 0. The van der Waals surface area contributed by atoms with Crippen molar-refractivity contribution in [3.8, 4) is 17.1 Å². The highest BCUT2D eigenvalue weighted by atomic mass is 79.9. The maximum atomic E-state index is 5.79. The van der Waals surface area contributed by atoms with Crippen LogP contribution >= 0.6 is 15.9 Å². The molecule has 1 aromatic carbocycles. The van der Waals surface area contributed by atoms with Crippen LogP contribution in [0.4, 0.5) is 0 Å². The van der Waals surface area contributed by atoms with E-state index in [-0.39, 0.29) is 0 Å². The Morgan fingerprint density at radius 3 is 2.55 bits per heavy atom. The summed E-state index contributed by atoms with van der Waals surface area (Å²) in [4.78, 5) is 4.59. The smallest absolute Gasteiger partial charge is 0.228 e. The first-order valence-corrected chi connectivity index (χ1v) is 7.81. The number of aromatic nitrogens is 1. The zero-order valence-corrected chi connectivity index (χ0v) is 13.6. The highest BCUT2D eigenvalue weighted by Gasteiger charge is 2.06. The quantitative estimate of drug-likeness (QED) is 0.667. The molecule has 0 fully saturated rings. The van der Waals surface area contributed by atoms with Crippen molar-refractivity contribution < 1.29 is 4.74 Å². The molecule has 0 atom stereocenters. The van der Waals surface area contributed by atoms with Gasteiger partial charge in [0, 0.05) is 5.56 Å². The van der Waals surface area contributed by atoms with Gasteiger partial charge in [-0.3, -0.25) is 0 Å². The number of hydrogen-bond donors (Lipinski definition) is 0. The number of halogens is 1. The minimum Gasteiger partial charge on any atom is -0.477 e. The lowest BCUT2D eigenvalue weighted by Gasteiger charge is -2.10. The van der Waals surface area contributed by atoms with E-state index in [0.29, 0.717) is 18.4 Å². The van der Waals surface area contributed by atoms with Gasteiger partial charge in [-0.2, -0.15) is 0 Å². The number of ether oxygens (including phenoxy) is 1. The van der Waals surface area contributed by atoms with Crippen LogP contribution in [0.5, 0.6) is 5.88 Å². The van der Waals surface area contributed by atoms with Crippen LogP contribution in [0, 0.1) is 5.92 Å². The minimum atomic E-state index is 0.676. The molecular formula is C17H20BrNO. The molecule has 0 aliphatic rings. The molecule has 0 radical (unpaired) electrons. The predicted molar refractivity (Wildman–Crippen MR) is 86.9 cm³/mol. The summed E-state index contributed by atoms with van der Waals surface area (Å²) in [6.45, 7) is 5.16. The average Bonchev–Trinajstić information content (AvgIpc) is 2.46. The van der Waals surface area contributed by atoms with E-state index in [1.165, 1.54) is 6.42 Å². The Balaban J connectivity index is 2.05. The molecule has 1 heterocycles. The second-order valence-electron chi connectivity index (χ2n) is 5.23. The Morgan fingerprint density at radius 2 is 1.85 bits per heavy atom. The normalized spacial score (nSPS) is 10.8. The molecule has 0 amide bonds. The number of pyridine rings is 1. The first-order chi connectivity index (χ1) is 9.66. The van der Waals surface area contributed by atoms with Gasteiger partial charge in [0.25, 0.3) is 0 Å².